The van der Waals surface area contributed by atoms with Gasteiger partial charge < -0.3 is 5.32 Å². The highest BCUT2D eigenvalue weighted by Crippen LogP contribution is 2.34. The van der Waals surface area contributed by atoms with Crippen LogP contribution in [0.5, 0.6) is 0 Å². The van der Waals surface area contributed by atoms with Crippen LogP contribution in [0.3, 0.4) is 0 Å². The molecule has 1 rings (SSSR count). The molecule has 0 aliphatic heterocycles. The Bertz CT molecular complexity index is 460. The molecule has 0 bridgehead atoms. The lowest BCUT2D eigenvalue weighted by atomic mass is 10.1. The molecule has 0 heterocycles. The van der Waals surface area contributed by atoms with Crippen molar-refractivity contribution in [2.45, 2.75) is 13.1 Å². The van der Waals surface area contributed by atoms with E-state index in [1.165, 1.54) is 12.1 Å². The molecule has 0 saturated heterocycles. The molecule has 1 amide bonds. The van der Waals surface area contributed by atoms with Gasteiger partial charge in [-0.25, -0.2) is 0 Å². The second kappa shape index (κ2) is 4.23. The van der Waals surface area contributed by atoms with E-state index in [2.05, 4.69) is 5.32 Å². The minimum absolute atomic E-state index is 0.134. The Labute approximate surface area is 89.5 Å². The van der Waals surface area contributed by atoms with E-state index in [0.29, 0.717) is 0 Å². The van der Waals surface area contributed by atoms with E-state index in [9.17, 15) is 18.0 Å². The number of hydrogen-bond donors (Lipinski definition) is 1. The number of nitrogens with one attached hydrogen (secondary N) is 1. The highest BCUT2D eigenvalue weighted by atomic mass is 19.4. The molecular formula is C10H7F3N2O. The average molecular weight is 228 g/mol. The number of carbonyl (C=O) groups excluding carboxylic acids is 1. The molecule has 0 aliphatic carbocycles. The zero-order chi connectivity index (χ0) is 12.3. The van der Waals surface area contributed by atoms with Crippen molar-refractivity contribution in [1.82, 2.24) is 0 Å². The summed E-state index contributed by atoms with van der Waals surface area (Å²) in [5.41, 5.74) is -1.77. The molecule has 0 atom stereocenters. The number of nitriles is 1. The van der Waals surface area contributed by atoms with Crippen LogP contribution < -0.4 is 5.32 Å². The largest absolute Gasteiger partial charge is 0.417 e. The Hall–Kier alpha value is -2.03. The van der Waals surface area contributed by atoms with E-state index in [-0.39, 0.29) is 5.69 Å². The molecule has 0 saturated carbocycles. The first kappa shape index (κ1) is 12.0. The standard InChI is InChI=1S/C10H7F3N2O/c1-6(16)15-9-4-2-3-8(7(9)5-14)10(11,12)13/h2-4H,1H3,(H,15,16). The number of rotatable bonds is 1. The summed E-state index contributed by atoms with van der Waals surface area (Å²) < 4.78 is 37.5. The van der Waals surface area contributed by atoms with Crippen molar-refractivity contribution in [3.8, 4) is 6.07 Å². The fourth-order valence-corrected chi connectivity index (χ4v) is 1.20. The fraction of sp³-hybridized carbons (Fsp3) is 0.200. The maximum Gasteiger partial charge on any atom is 0.417 e. The van der Waals surface area contributed by atoms with Gasteiger partial charge in [-0.1, -0.05) is 6.07 Å². The van der Waals surface area contributed by atoms with Crippen LogP contribution in [0.1, 0.15) is 18.1 Å². The molecular weight excluding hydrogens is 221 g/mol. The first-order chi connectivity index (χ1) is 7.36. The second-order valence-corrected chi connectivity index (χ2v) is 3.02. The van der Waals surface area contributed by atoms with Crippen molar-refractivity contribution in [2.24, 2.45) is 0 Å². The maximum absolute atomic E-state index is 12.5. The summed E-state index contributed by atoms with van der Waals surface area (Å²) in [6.07, 6.45) is -4.61. The van der Waals surface area contributed by atoms with Gasteiger partial charge in [0.15, 0.2) is 0 Å². The number of nitrogens with zero attached hydrogens (tertiary/aromatic N) is 1. The Morgan fingerprint density at radius 3 is 2.50 bits per heavy atom. The normalized spacial score (nSPS) is 10.7. The van der Waals surface area contributed by atoms with Crippen molar-refractivity contribution in [3.05, 3.63) is 29.3 Å². The maximum atomic E-state index is 12.5. The summed E-state index contributed by atoms with van der Waals surface area (Å²) in [6, 6.07) is 4.62. The van der Waals surface area contributed by atoms with E-state index in [1.807, 2.05) is 0 Å². The number of hydrogen-bond acceptors (Lipinski definition) is 2. The summed E-state index contributed by atoms with van der Waals surface area (Å²) in [6.45, 7) is 1.15. The Morgan fingerprint density at radius 2 is 2.06 bits per heavy atom. The molecule has 0 spiro atoms. The van der Waals surface area contributed by atoms with Crippen LogP contribution in [-0.2, 0) is 11.0 Å². The summed E-state index contributed by atoms with van der Waals surface area (Å²) >= 11 is 0. The second-order valence-electron chi connectivity index (χ2n) is 3.02. The summed E-state index contributed by atoms with van der Waals surface area (Å²) in [5.74, 6) is -0.532. The van der Waals surface area contributed by atoms with E-state index in [4.69, 9.17) is 5.26 Å². The van der Waals surface area contributed by atoms with Crippen LogP contribution in [0.2, 0.25) is 0 Å². The van der Waals surface area contributed by atoms with Gasteiger partial charge in [0.2, 0.25) is 5.91 Å². The third-order valence-corrected chi connectivity index (χ3v) is 1.79. The van der Waals surface area contributed by atoms with Gasteiger partial charge in [-0.3, -0.25) is 4.79 Å². The molecule has 1 aromatic carbocycles. The third kappa shape index (κ3) is 2.51. The number of anilines is 1. The Morgan fingerprint density at radius 1 is 1.44 bits per heavy atom. The molecule has 0 unspecified atom stereocenters. The van der Waals surface area contributed by atoms with Gasteiger partial charge >= 0.3 is 6.18 Å². The van der Waals surface area contributed by atoms with Crippen molar-refractivity contribution in [3.63, 3.8) is 0 Å². The van der Waals surface area contributed by atoms with Crippen molar-refractivity contribution < 1.29 is 18.0 Å². The summed E-state index contributed by atoms with van der Waals surface area (Å²) in [4.78, 5) is 10.7. The van der Waals surface area contributed by atoms with Gasteiger partial charge in [0.1, 0.15) is 6.07 Å². The Kier molecular flexibility index (Phi) is 3.18. The SMILES string of the molecule is CC(=O)Nc1cccc(C(F)(F)F)c1C#N. The number of carbonyl (C=O) groups is 1. The molecule has 1 aromatic rings. The fourth-order valence-electron chi connectivity index (χ4n) is 1.20. The molecule has 16 heavy (non-hydrogen) atoms. The minimum atomic E-state index is -4.61. The van der Waals surface area contributed by atoms with Crippen molar-refractivity contribution in [1.29, 1.82) is 5.26 Å². The topological polar surface area (TPSA) is 52.9 Å². The highest BCUT2D eigenvalue weighted by Gasteiger charge is 2.34. The van der Waals surface area contributed by atoms with Gasteiger partial charge in [0, 0.05) is 6.92 Å². The van der Waals surface area contributed by atoms with E-state index in [1.54, 1.807) is 0 Å². The molecule has 84 valence electrons. The first-order valence-electron chi connectivity index (χ1n) is 4.24. The zero-order valence-electron chi connectivity index (χ0n) is 8.22. The van der Waals surface area contributed by atoms with Crippen LogP contribution in [0, 0.1) is 11.3 Å². The first-order valence-corrected chi connectivity index (χ1v) is 4.24. The van der Waals surface area contributed by atoms with Crippen LogP contribution in [-0.4, -0.2) is 5.91 Å². The molecule has 0 aromatic heterocycles. The van der Waals surface area contributed by atoms with Crippen LogP contribution in [0.15, 0.2) is 18.2 Å². The lowest BCUT2D eigenvalue weighted by molar-refractivity contribution is -0.137. The predicted octanol–water partition coefficient (Wildman–Crippen LogP) is 2.54. The number of alkyl halides is 3. The highest BCUT2D eigenvalue weighted by molar-refractivity contribution is 5.90. The van der Waals surface area contributed by atoms with Gasteiger partial charge in [-0.05, 0) is 12.1 Å². The molecule has 0 aliphatic rings. The monoisotopic (exact) mass is 228 g/mol. The number of halogens is 3. The van der Waals surface area contributed by atoms with Gasteiger partial charge in [-0.15, -0.1) is 0 Å². The van der Waals surface area contributed by atoms with E-state index >= 15 is 0 Å². The predicted molar refractivity (Wildman–Crippen MR) is 50.5 cm³/mol. The van der Waals surface area contributed by atoms with Crippen LogP contribution in [0.25, 0.3) is 0 Å². The summed E-state index contributed by atoms with van der Waals surface area (Å²) in [7, 11) is 0. The lowest BCUT2D eigenvalue weighted by Gasteiger charge is -2.11. The molecule has 6 heteroatoms. The van der Waals surface area contributed by atoms with Gasteiger partial charge in [0.25, 0.3) is 0 Å². The average Bonchev–Trinajstić information content (AvgIpc) is 2.15. The molecule has 1 N–H and O–H groups in total. The van der Waals surface area contributed by atoms with E-state index < -0.39 is 23.2 Å². The molecule has 0 fully saturated rings. The number of benzene rings is 1. The summed E-state index contributed by atoms with van der Waals surface area (Å²) in [5, 5.41) is 10.8. The number of amides is 1. The van der Waals surface area contributed by atoms with Gasteiger partial charge in [0.05, 0.1) is 16.8 Å². The van der Waals surface area contributed by atoms with Crippen LogP contribution >= 0.6 is 0 Å². The minimum Gasteiger partial charge on any atom is -0.325 e. The lowest BCUT2D eigenvalue weighted by Crippen LogP contribution is -2.12. The van der Waals surface area contributed by atoms with Crippen molar-refractivity contribution in [2.75, 3.05) is 5.32 Å². The molecule has 3 nitrogen and oxygen atoms in total. The van der Waals surface area contributed by atoms with Crippen molar-refractivity contribution >= 4 is 11.6 Å². The Balaban J connectivity index is 3.34. The third-order valence-electron chi connectivity index (χ3n) is 1.79. The van der Waals surface area contributed by atoms with E-state index in [0.717, 1.165) is 19.1 Å². The zero-order valence-corrected chi connectivity index (χ0v) is 8.22. The van der Waals surface area contributed by atoms with Crippen LogP contribution in [0.4, 0.5) is 18.9 Å². The quantitative estimate of drug-likeness (QED) is 0.802. The van der Waals surface area contributed by atoms with Gasteiger partial charge in [-0.2, -0.15) is 18.4 Å². The molecule has 0 radical (unpaired) electrons. The smallest absolute Gasteiger partial charge is 0.325 e.